The molecule has 1 aliphatic rings. The number of aryl methyl sites for hydroxylation is 1. The molecule has 8 heteroatoms. The molecule has 0 saturated heterocycles. The highest BCUT2D eigenvalue weighted by Gasteiger charge is 2.32. The molecule has 1 aromatic carbocycles. The molecule has 3 rings (SSSR count). The molecule has 0 atom stereocenters. The van der Waals surface area contributed by atoms with E-state index in [9.17, 15) is 18.0 Å². The topological polar surface area (TPSA) is 57.7 Å². The molecule has 0 radical (unpaired) electrons. The zero-order valence-corrected chi connectivity index (χ0v) is 14.1. The van der Waals surface area contributed by atoms with Crippen LogP contribution in [0.15, 0.2) is 30.5 Å². The highest BCUT2D eigenvalue weighted by molar-refractivity contribution is 5.92. The van der Waals surface area contributed by atoms with Crippen molar-refractivity contribution < 1.29 is 32.2 Å². The zero-order chi connectivity index (χ0) is 18.9. The van der Waals surface area contributed by atoms with E-state index in [1.165, 1.54) is 38.4 Å². The molecule has 0 N–H and O–H groups in total. The highest BCUT2D eigenvalue weighted by Crippen LogP contribution is 2.41. The molecule has 0 aliphatic heterocycles. The third kappa shape index (κ3) is 4.25. The Morgan fingerprint density at radius 1 is 1.19 bits per heavy atom. The average Bonchev–Trinajstić information content (AvgIpc) is 3.40. The number of hydrogen-bond acceptors (Lipinski definition) is 5. The van der Waals surface area contributed by atoms with Gasteiger partial charge >= 0.3 is 12.3 Å². The van der Waals surface area contributed by atoms with Gasteiger partial charge in [-0.05, 0) is 43.5 Å². The number of aromatic nitrogens is 1. The molecule has 1 aromatic heterocycles. The van der Waals surface area contributed by atoms with Gasteiger partial charge in [-0.2, -0.15) is 0 Å². The van der Waals surface area contributed by atoms with Crippen molar-refractivity contribution >= 4 is 5.97 Å². The van der Waals surface area contributed by atoms with Gasteiger partial charge in [-0.3, -0.25) is 4.98 Å². The molecule has 2 aromatic rings. The summed E-state index contributed by atoms with van der Waals surface area (Å²) in [6.07, 6.45) is -1.34. The van der Waals surface area contributed by atoms with Crippen LogP contribution in [-0.4, -0.2) is 24.4 Å². The Morgan fingerprint density at radius 2 is 1.92 bits per heavy atom. The van der Waals surface area contributed by atoms with E-state index in [2.05, 4.69) is 9.72 Å². The lowest BCUT2D eigenvalue weighted by Gasteiger charge is -2.14. The van der Waals surface area contributed by atoms with Crippen LogP contribution in [0, 0.1) is 6.92 Å². The summed E-state index contributed by atoms with van der Waals surface area (Å²) in [4.78, 5) is 16.2. The Labute approximate surface area is 147 Å². The van der Waals surface area contributed by atoms with Crippen molar-refractivity contribution in [2.24, 2.45) is 0 Å². The number of methoxy groups -OCH3 is 1. The third-order valence-corrected chi connectivity index (χ3v) is 3.89. The number of rotatable bonds is 5. The number of nitrogens with zero attached hydrogens (tertiary/aromatic N) is 1. The monoisotopic (exact) mass is 367 g/mol. The van der Waals surface area contributed by atoms with Gasteiger partial charge in [0, 0.05) is 23.9 Å². The first-order valence-electron chi connectivity index (χ1n) is 7.89. The van der Waals surface area contributed by atoms with Crippen molar-refractivity contribution in [2.75, 3.05) is 7.11 Å². The maximum atomic E-state index is 12.4. The summed E-state index contributed by atoms with van der Waals surface area (Å²) in [6, 6.07) is 5.57. The van der Waals surface area contributed by atoms with Gasteiger partial charge < -0.3 is 14.2 Å². The fourth-order valence-electron chi connectivity index (χ4n) is 2.45. The molecule has 0 unspecified atom stereocenters. The molecule has 5 nitrogen and oxygen atoms in total. The summed E-state index contributed by atoms with van der Waals surface area (Å²) in [7, 11) is 1.24. The van der Waals surface area contributed by atoms with Gasteiger partial charge in [0.05, 0.1) is 7.11 Å². The number of carbonyl (C=O) groups excluding carboxylic acids is 1. The summed E-state index contributed by atoms with van der Waals surface area (Å²) < 4.78 is 51.5. The first-order chi connectivity index (χ1) is 12.3. The molecule has 0 bridgehead atoms. The molecular weight excluding hydrogens is 351 g/mol. The first-order valence-corrected chi connectivity index (χ1v) is 7.89. The minimum Gasteiger partial charge on any atom is -0.465 e. The number of alkyl halides is 3. The molecule has 0 spiro atoms. The van der Waals surface area contributed by atoms with Gasteiger partial charge in [0.25, 0.3) is 0 Å². The lowest BCUT2D eigenvalue weighted by molar-refractivity contribution is -0.274. The normalized spacial score (nSPS) is 14.0. The number of benzene rings is 1. The lowest BCUT2D eigenvalue weighted by Crippen LogP contribution is -2.17. The second-order valence-electron chi connectivity index (χ2n) is 5.95. The fourth-order valence-corrected chi connectivity index (χ4v) is 2.45. The van der Waals surface area contributed by atoms with E-state index in [1.807, 2.05) is 0 Å². The minimum absolute atomic E-state index is 0.144. The Hall–Kier alpha value is -2.77. The number of halogens is 3. The number of carbonyl (C=O) groups is 1. The molecule has 138 valence electrons. The Kier molecular flexibility index (Phi) is 4.76. The van der Waals surface area contributed by atoms with Crippen LogP contribution in [0.2, 0.25) is 0 Å². The number of ether oxygens (including phenoxy) is 3. The molecule has 26 heavy (non-hydrogen) atoms. The van der Waals surface area contributed by atoms with Gasteiger partial charge in [0.15, 0.2) is 0 Å². The maximum Gasteiger partial charge on any atom is 0.573 e. The first kappa shape index (κ1) is 18.0. The van der Waals surface area contributed by atoms with Gasteiger partial charge in [0.2, 0.25) is 0 Å². The predicted octanol–water partition coefficient (Wildman–Crippen LogP) is 4.74. The van der Waals surface area contributed by atoms with Gasteiger partial charge in [-0.15, -0.1) is 13.2 Å². The second-order valence-corrected chi connectivity index (χ2v) is 5.95. The summed E-state index contributed by atoms with van der Waals surface area (Å²) >= 11 is 0. The Balaban J connectivity index is 1.88. The summed E-state index contributed by atoms with van der Waals surface area (Å²) in [5, 5.41) is 0. The largest absolute Gasteiger partial charge is 0.573 e. The van der Waals surface area contributed by atoms with Crippen LogP contribution < -0.4 is 9.47 Å². The van der Waals surface area contributed by atoms with E-state index in [-0.39, 0.29) is 28.4 Å². The van der Waals surface area contributed by atoms with E-state index >= 15 is 0 Å². The zero-order valence-electron chi connectivity index (χ0n) is 14.1. The highest BCUT2D eigenvalue weighted by atomic mass is 19.4. The molecular formula is C18H16F3NO4. The van der Waals surface area contributed by atoms with E-state index in [0.29, 0.717) is 5.92 Å². The van der Waals surface area contributed by atoms with Gasteiger partial charge in [0.1, 0.15) is 22.8 Å². The summed E-state index contributed by atoms with van der Waals surface area (Å²) in [5.41, 5.74) is 1.20. The van der Waals surface area contributed by atoms with Gasteiger partial charge in [-0.25, -0.2) is 4.79 Å². The van der Waals surface area contributed by atoms with Crippen LogP contribution in [0.3, 0.4) is 0 Å². The van der Waals surface area contributed by atoms with Crippen molar-refractivity contribution in [3.8, 4) is 17.2 Å². The van der Waals surface area contributed by atoms with Crippen molar-refractivity contribution in [3.05, 3.63) is 47.3 Å². The van der Waals surface area contributed by atoms with Crippen molar-refractivity contribution in [1.82, 2.24) is 4.98 Å². The SMILES string of the molecule is COC(=O)c1cnc(C2CC2)cc1Oc1ccc(OC(F)(F)F)c(C)c1. The molecule has 1 fully saturated rings. The second kappa shape index (κ2) is 6.86. The standard InChI is InChI=1S/C18H16F3NO4/c1-10-7-12(5-6-15(10)26-18(19,20)21)25-16-8-14(11-3-4-11)22-9-13(16)17(23)24-2/h5-9,11H,3-4H2,1-2H3. The van der Waals surface area contributed by atoms with Crippen LogP contribution in [-0.2, 0) is 4.74 Å². The summed E-state index contributed by atoms with van der Waals surface area (Å²) in [5.74, 6) is -0.0591. The van der Waals surface area contributed by atoms with Crippen LogP contribution >= 0.6 is 0 Å². The minimum atomic E-state index is -4.77. The van der Waals surface area contributed by atoms with Crippen LogP contribution in [0.4, 0.5) is 13.2 Å². The molecule has 1 heterocycles. The van der Waals surface area contributed by atoms with Crippen LogP contribution in [0.25, 0.3) is 0 Å². The number of esters is 1. The van der Waals surface area contributed by atoms with Crippen molar-refractivity contribution in [1.29, 1.82) is 0 Å². The maximum absolute atomic E-state index is 12.4. The molecule has 1 aliphatic carbocycles. The predicted molar refractivity (Wildman–Crippen MR) is 85.5 cm³/mol. The number of hydrogen-bond donors (Lipinski definition) is 0. The number of pyridine rings is 1. The van der Waals surface area contributed by atoms with Crippen LogP contribution in [0.1, 0.15) is 40.4 Å². The Bertz CT molecular complexity index is 832. The smallest absolute Gasteiger partial charge is 0.465 e. The fraction of sp³-hybridized carbons (Fsp3) is 0.333. The third-order valence-electron chi connectivity index (χ3n) is 3.89. The van der Waals surface area contributed by atoms with E-state index in [1.54, 1.807) is 6.07 Å². The quantitative estimate of drug-likeness (QED) is 0.714. The average molecular weight is 367 g/mol. The molecule has 0 amide bonds. The van der Waals surface area contributed by atoms with E-state index in [4.69, 9.17) is 9.47 Å². The lowest BCUT2D eigenvalue weighted by atomic mass is 10.2. The van der Waals surface area contributed by atoms with Crippen molar-refractivity contribution in [3.63, 3.8) is 0 Å². The molecule has 1 saturated carbocycles. The van der Waals surface area contributed by atoms with E-state index < -0.39 is 12.3 Å². The van der Waals surface area contributed by atoms with Crippen LogP contribution in [0.5, 0.6) is 17.2 Å². The van der Waals surface area contributed by atoms with Crippen molar-refractivity contribution in [2.45, 2.75) is 32.0 Å². The Morgan fingerprint density at radius 3 is 2.50 bits per heavy atom. The summed E-state index contributed by atoms with van der Waals surface area (Å²) in [6.45, 7) is 1.47. The van der Waals surface area contributed by atoms with Gasteiger partial charge in [-0.1, -0.05) is 0 Å². The van der Waals surface area contributed by atoms with E-state index in [0.717, 1.165) is 18.5 Å².